The van der Waals surface area contributed by atoms with E-state index in [9.17, 15) is 0 Å². The van der Waals surface area contributed by atoms with Gasteiger partial charge in [0.15, 0.2) is 0 Å². The van der Waals surface area contributed by atoms with Crippen molar-refractivity contribution in [3.05, 3.63) is 35.4 Å². The van der Waals surface area contributed by atoms with Crippen LogP contribution in [-0.4, -0.2) is 30.1 Å². The van der Waals surface area contributed by atoms with Gasteiger partial charge in [0.1, 0.15) is 0 Å². The fraction of sp³-hybridized carbons (Fsp3) is 0.667. The zero-order valence-corrected chi connectivity index (χ0v) is 12.5. The van der Waals surface area contributed by atoms with Gasteiger partial charge in [-0.05, 0) is 63.1 Å². The van der Waals surface area contributed by atoms with Crippen molar-refractivity contribution in [1.82, 2.24) is 10.2 Å². The molecule has 3 unspecified atom stereocenters. The summed E-state index contributed by atoms with van der Waals surface area (Å²) in [4.78, 5) is 2.63. The predicted molar refractivity (Wildman–Crippen MR) is 82.9 cm³/mol. The van der Waals surface area contributed by atoms with Crippen molar-refractivity contribution in [3.8, 4) is 0 Å². The van der Waals surface area contributed by atoms with E-state index in [4.69, 9.17) is 0 Å². The van der Waals surface area contributed by atoms with Crippen LogP contribution in [0.15, 0.2) is 24.3 Å². The summed E-state index contributed by atoms with van der Waals surface area (Å²) in [6, 6.07) is 12.1. The van der Waals surface area contributed by atoms with Crippen molar-refractivity contribution in [3.63, 3.8) is 0 Å². The average molecular weight is 270 g/mol. The van der Waals surface area contributed by atoms with Crippen LogP contribution in [0, 0.1) is 0 Å². The van der Waals surface area contributed by atoms with E-state index in [1.165, 1.54) is 44.9 Å². The maximum Gasteiger partial charge on any atom is 0.0325 e. The highest BCUT2D eigenvalue weighted by molar-refractivity contribution is 5.32. The summed E-state index contributed by atoms with van der Waals surface area (Å²) in [5.41, 5.74) is 3.15. The van der Waals surface area contributed by atoms with Crippen molar-refractivity contribution in [1.29, 1.82) is 0 Å². The third-order valence-electron chi connectivity index (χ3n) is 5.90. The first-order valence-corrected chi connectivity index (χ1v) is 8.37. The van der Waals surface area contributed by atoms with Crippen molar-refractivity contribution in [2.24, 2.45) is 0 Å². The highest BCUT2D eigenvalue weighted by atomic mass is 15.2. The summed E-state index contributed by atoms with van der Waals surface area (Å²) in [7, 11) is 2.33. The molecule has 0 aromatic heterocycles. The van der Waals surface area contributed by atoms with Crippen molar-refractivity contribution >= 4 is 0 Å². The number of nitrogens with zero attached hydrogens (tertiary/aromatic N) is 1. The molecule has 0 amide bonds. The molecule has 0 spiro atoms. The number of piperidine rings is 1. The largest absolute Gasteiger partial charge is 0.307 e. The Hall–Kier alpha value is -0.860. The molecule has 1 aromatic carbocycles. The van der Waals surface area contributed by atoms with Gasteiger partial charge in [0.05, 0.1) is 0 Å². The second-order valence-corrected chi connectivity index (χ2v) is 7.03. The van der Waals surface area contributed by atoms with Gasteiger partial charge in [0.25, 0.3) is 0 Å². The molecule has 1 aromatic rings. The SMILES string of the molecule is CN1C2CCC1CC(NC1CCCc3ccccc31)C2. The maximum atomic E-state index is 4.01. The standard InChI is InChI=1S/C18H26N2/c1-20-15-9-10-16(20)12-14(11-15)19-18-8-4-6-13-5-2-3-7-17(13)18/h2-3,5,7,14-16,18-19H,4,6,8-12H2,1H3. The molecule has 3 aliphatic rings. The van der Waals surface area contributed by atoms with E-state index in [1.54, 1.807) is 11.1 Å². The first kappa shape index (κ1) is 12.8. The molecule has 0 saturated carbocycles. The Bertz CT molecular complexity index is 470. The van der Waals surface area contributed by atoms with Crippen LogP contribution in [0.2, 0.25) is 0 Å². The van der Waals surface area contributed by atoms with E-state index in [2.05, 4.69) is 41.5 Å². The lowest BCUT2D eigenvalue weighted by Gasteiger charge is -2.39. The molecule has 20 heavy (non-hydrogen) atoms. The van der Waals surface area contributed by atoms with Gasteiger partial charge in [0.2, 0.25) is 0 Å². The molecule has 2 heterocycles. The number of fused-ring (bicyclic) bond motifs is 3. The monoisotopic (exact) mass is 270 g/mol. The van der Waals surface area contributed by atoms with Crippen molar-refractivity contribution in [2.75, 3.05) is 7.05 Å². The Morgan fingerprint density at radius 2 is 1.80 bits per heavy atom. The Morgan fingerprint density at radius 3 is 2.60 bits per heavy atom. The van der Waals surface area contributed by atoms with E-state index < -0.39 is 0 Å². The molecular formula is C18H26N2. The molecule has 3 atom stereocenters. The fourth-order valence-corrected chi connectivity index (χ4v) is 4.76. The lowest BCUT2D eigenvalue weighted by atomic mass is 9.86. The van der Waals surface area contributed by atoms with Crippen molar-refractivity contribution < 1.29 is 0 Å². The van der Waals surface area contributed by atoms with Crippen LogP contribution >= 0.6 is 0 Å². The van der Waals surface area contributed by atoms with Crippen LogP contribution < -0.4 is 5.32 Å². The van der Waals surface area contributed by atoms with E-state index >= 15 is 0 Å². The second kappa shape index (κ2) is 5.16. The first-order chi connectivity index (χ1) is 9.81. The fourth-order valence-electron chi connectivity index (χ4n) is 4.76. The molecule has 4 rings (SSSR count). The van der Waals surface area contributed by atoms with Crippen LogP contribution in [0.4, 0.5) is 0 Å². The van der Waals surface area contributed by atoms with Gasteiger partial charge in [-0.3, -0.25) is 0 Å². The molecule has 2 nitrogen and oxygen atoms in total. The number of aryl methyl sites for hydroxylation is 1. The Kier molecular flexibility index (Phi) is 3.31. The molecular weight excluding hydrogens is 244 g/mol. The smallest absolute Gasteiger partial charge is 0.0325 e. The molecule has 2 aliphatic heterocycles. The molecule has 1 aliphatic carbocycles. The molecule has 108 valence electrons. The number of hydrogen-bond acceptors (Lipinski definition) is 2. The van der Waals surface area contributed by atoms with Crippen LogP contribution in [0.1, 0.15) is 55.7 Å². The molecule has 2 fully saturated rings. The molecule has 2 bridgehead atoms. The number of rotatable bonds is 2. The van der Waals surface area contributed by atoms with E-state index in [0.717, 1.165) is 18.1 Å². The third-order valence-corrected chi connectivity index (χ3v) is 5.90. The Labute approximate surface area is 122 Å². The highest BCUT2D eigenvalue weighted by Gasteiger charge is 2.39. The topological polar surface area (TPSA) is 15.3 Å². The van der Waals surface area contributed by atoms with Crippen LogP contribution in [0.25, 0.3) is 0 Å². The summed E-state index contributed by atoms with van der Waals surface area (Å²) in [6.07, 6.45) is 9.47. The lowest BCUT2D eigenvalue weighted by Crippen LogP contribution is -2.48. The molecule has 0 radical (unpaired) electrons. The number of hydrogen-bond donors (Lipinski definition) is 1. The zero-order valence-electron chi connectivity index (χ0n) is 12.5. The number of nitrogens with one attached hydrogen (secondary N) is 1. The molecule has 2 heteroatoms. The second-order valence-electron chi connectivity index (χ2n) is 7.03. The normalized spacial score (nSPS) is 36.9. The average Bonchev–Trinajstić information content (AvgIpc) is 2.70. The lowest BCUT2D eigenvalue weighted by molar-refractivity contribution is 0.141. The minimum atomic E-state index is 0.604. The van der Waals surface area contributed by atoms with Gasteiger partial charge < -0.3 is 10.2 Å². The summed E-state index contributed by atoms with van der Waals surface area (Å²) < 4.78 is 0. The quantitative estimate of drug-likeness (QED) is 0.887. The van der Waals surface area contributed by atoms with Gasteiger partial charge in [-0.15, -0.1) is 0 Å². The minimum Gasteiger partial charge on any atom is -0.307 e. The summed E-state index contributed by atoms with van der Waals surface area (Å²) >= 11 is 0. The zero-order chi connectivity index (χ0) is 13.5. The Balaban J connectivity index is 1.48. The highest BCUT2D eigenvalue weighted by Crippen LogP contribution is 2.36. The molecule has 1 N–H and O–H groups in total. The van der Waals surface area contributed by atoms with Gasteiger partial charge in [-0.2, -0.15) is 0 Å². The first-order valence-electron chi connectivity index (χ1n) is 8.37. The van der Waals surface area contributed by atoms with E-state index in [1.807, 2.05) is 0 Å². The van der Waals surface area contributed by atoms with Crippen LogP contribution in [0.5, 0.6) is 0 Å². The van der Waals surface area contributed by atoms with Crippen LogP contribution in [0.3, 0.4) is 0 Å². The third kappa shape index (κ3) is 2.19. The van der Waals surface area contributed by atoms with Crippen molar-refractivity contribution in [2.45, 2.75) is 69.1 Å². The predicted octanol–water partition coefficient (Wildman–Crippen LogP) is 3.28. The van der Waals surface area contributed by atoms with Gasteiger partial charge in [-0.1, -0.05) is 24.3 Å². The van der Waals surface area contributed by atoms with Gasteiger partial charge in [-0.25, -0.2) is 0 Å². The Morgan fingerprint density at radius 1 is 1.05 bits per heavy atom. The maximum absolute atomic E-state index is 4.01. The van der Waals surface area contributed by atoms with E-state index in [0.29, 0.717) is 6.04 Å². The van der Waals surface area contributed by atoms with Gasteiger partial charge in [0, 0.05) is 24.2 Å². The number of benzene rings is 1. The summed E-state index contributed by atoms with van der Waals surface area (Å²) in [6.45, 7) is 0. The van der Waals surface area contributed by atoms with Gasteiger partial charge >= 0.3 is 0 Å². The minimum absolute atomic E-state index is 0.604. The summed E-state index contributed by atoms with van der Waals surface area (Å²) in [5.74, 6) is 0. The van der Waals surface area contributed by atoms with Crippen LogP contribution in [-0.2, 0) is 6.42 Å². The molecule has 2 saturated heterocycles. The van der Waals surface area contributed by atoms with E-state index in [-0.39, 0.29) is 0 Å². The summed E-state index contributed by atoms with van der Waals surface area (Å²) in [5, 5.41) is 4.01.